The highest BCUT2D eigenvalue weighted by Gasteiger charge is 2.23. The smallest absolute Gasteiger partial charge is 0.135 e. The van der Waals surface area contributed by atoms with Gasteiger partial charge in [0.25, 0.3) is 0 Å². The van der Waals surface area contributed by atoms with Gasteiger partial charge < -0.3 is 5.73 Å². The molecule has 0 aliphatic heterocycles. The van der Waals surface area contributed by atoms with Crippen LogP contribution in [0, 0.1) is 0 Å². The highest BCUT2D eigenvalue weighted by Crippen LogP contribution is 2.34. The van der Waals surface area contributed by atoms with Crippen LogP contribution in [0.3, 0.4) is 0 Å². The van der Waals surface area contributed by atoms with E-state index in [0.29, 0.717) is 11.6 Å². The normalized spacial score (nSPS) is 18.7. The van der Waals surface area contributed by atoms with Crippen LogP contribution in [0.1, 0.15) is 35.7 Å². The lowest BCUT2D eigenvalue weighted by Gasteiger charge is -2.24. The summed E-state index contributed by atoms with van der Waals surface area (Å²) in [6.45, 7) is 0. The average molecular weight is 225 g/mol. The Morgan fingerprint density at radius 1 is 1.12 bits per heavy atom. The maximum Gasteiger partial charge on any atom is 0.135 e. The summed E-state index contributed by atoms with van der Waals surface area (Å²) in [6, 6.07) is 8.59. The first kappa shape index (κ1) is 10.3. The molecule has 1 unspecified atom stereocenters. The Bertz CT molecular complexity index is 519. The van der Waals surface area contributed by atoms with Gasteiger partial charge in [0.2, 0.25) is 0 Å². The van der Waals surface area contributed by atoms with E-state index in [9.17, 15) is 0 Å². The lowest BCUT2D eigenvalue weighted by atomic mass is 9.82. The highest BCUT2D eigenvalue weighted by atomic mass is 14.9. The minimum Gasteiger partial charge on any atom is -0.396 e. The van der Waals surface area contributed by atoms with E-state index in [1.807, 2.05) is 0 Å². The molecule has 1 aromatic heterocycles. The molecule has 0 radical (unpaired) electrons. The molecule has 86 valence electrons. The van der Waals surface area contributed by atoms with Gasteiger partial charge in [-0.3, -0.25) is 0 Å². The summed E-state index contributed by atoms with van der Waals surface area (Å²) in [6.07, 6.45) is 6.89. The molecule has 0 saturated heterocycles. The van der Waals surface area contributed by atoms with Gasteiger partial charge in [0.05, 0.1) is 18.1 Å². The van der Waals surface area contributed by atoms with Crippen molar-refractivity contribution in [3.8, 4) is 0 Å². The second-order valence-corrected chi connectivity index (χ2v) is 4.52. The predicted molar refractivity (Wildman–Crippen MR) is 67.7 cm³/mol. The molecule has 0 saturated carbocycles. The van der Waals surface area contributed by atoms with Crippen LogP contribution in [0.5, 0.6) is 0 Å². The van der Waals surface area contributed by atoms with Crippen LogP contribution in [0.4, 0.5) is 5.69 Å². The van der Waals surface area contributed by atoms with E-state index >= 15 is 0 Å². The lowest BCUT2D eigenvalue weighted by molar-refractivity contribution is 0.590. The summed E-state index contributed by atoms with van der Waals surface area (Å²) >= 11 is 0. The first-order chi connectivity index (χ1) is 8.34. The van der Waals surface area contributed by atoms with Crippen LogP contribution in [0.25, 0.3) is 0 Å². The molecule has 3 heteroatoms. The molecular weight excluding hydrogens is 210 g/mol. The van der Waals surface area contributed by atoms with Crippen molar-refractivity contribution in [2.24, 2.45) is 0 Å². The van der Waals surface area contributed by atoms with E-state index in [1.165, 1.54) is 24.0 Å². The van der Waals surface area contributed by atoms with Gasteiger partial charge in [0.1, 0.15) is 5.82 Å². The fraction of sp³-hybridized carbons (Fsp3) is 0.286. The lowest BCUT2D eigenvalue weighted by Crippen LogP contribution is -2.13. The topological polar surface area (TPSA) is 51.8 Å². The van der Waals surface area contributed by atoms with Crippen LogP contribution in [0.2, 0.25) is 0 Å². The largest absolute Gasteiger partial charge is 0.396 e. The van der Waals surface area contributed by atoms with Gasteiger partial charge >= 0.3 is 0 Å². The Kier molecular flexibility index (Phi) is 2.52. The molecular formula is C14H15N3. The van der Waals surface area contributed by atoms with E-state index < -0.39 is 0 Å². The Morgan fingerprint density at radius 2 is 1.88 bits per heavy atom. The van der Waals surface area contributed by atoms with Crippen molar-refractivity contribution in [1.29, 1.82) is 0 Å². The minimum absolute atomic E-state index is 0.334. The molecule has 2 aromatic rings. The Balaban J connectivity index is 2.03. The summed E-state index contributed by atoms with van der Waals surface area (Å²) in [4.78, 5) is 8.73. The summed E-state index contributed by atoms with van der Waals surface area (Å²) in [5, 5.41) is 0. The van der Waals surface area contributed by atoms with E-state index in [4.69, 9.17) is 5.73 Å². The molecule has 2 N–H and O–H groups in total. The summed E-state index contributed by atoms with van der Waals surface area (Å²) < 4.78 is 0. The maximum atomic E-state index is 5.63. The van der Waals surface area contributed by atoms with Crippen LogP contribution in [0.15, 0.2) is 36.7 Å². The number of nitrogen functional groups attached to an aromatic ring is 1. The standard InChI is InChI=1S/C14H15N3/c15-11-8-16-14(17-9-11)13-7-3-5-10-4-1-2-6-12(10)13/h1-2,4,6,8-9,13H,3,5,7,15H2. The Labute approximate surface area is 101 Å². The predicted octanol–water partition coefficient (Wildman–Crippen LogP) is 2.53. The third-order valence-corrected chi connectivity index (χ3v) is 3.37. The van der Waals surface area contributed by atoms with E-state index in [0.717, 1.165) is 12.2 Å². The third kappa shape index (κ3) is 1.88. The van der Waals surface area contributed by atoms with Crippen LogP contribution >= 0.6 is 0 Å². The quantitative estimate of drug-likeness (QED) is 0.811. The number of nitrogens with two attached hydrogens (primary N) is 1. The number of hydrogen-bond acceptors (Lipinski definition) is 3. The summed E-state index contributed by atoms with van der Waals surface area (Å²) in [7, 11) is 0. The average Bonchev–Trinajstić information content (AvgIpc) is 2.39. The molecule has 1 heterocycles. The van der Waals surface area contributed by atoms with Crippen molar-refractivity contribution in [3.63, 3.8) is 0 Å². The van der Waals surface area contributed by atoms with Crippen molar-refractivity contribution in [2.75, 3.05) is 5.73 Å². The number of rotatable bonds is 1. The van der Waals surface area contributed by atoms with Crippen molar-refractivity contribution in [1.82, 2.24) is 9.97 Å². The minimum atomic E-state index is 0.334. The third-order valence-electron chi connectivity index (χ3n) is 3.37. The van der Waals surface area contributed by atoms with E-state index in [-0.39, 0.29) is 0 Å². The number of nitrogens with zero attached hydrogens (tertiary/aromatic N) is 2. The van der Waals surface area contributed by atoms with Crippen LogP contribution < -0.4 is 5.73 Å². The van der Waals surface area contributed by atoms with Gasteiger partial charge in [-0.05, 0) is 30.4 Å². The van der Waals surface area contributed by atoms with Crippen LogP contribution in [-0.2, 0) is 6.42 Å². The molecule has 1 aliphatic carbocycles. The zero-order chi connectivity index (χ0) is 11.7. The number of fused-ring (bicyclic) bond motifs is 1. The van der Waals surface area contributed by atoms with Gasteiger partial charge in [0.15, 0.2) is 0 Å². The molecule has 0 bridgehead atoms. The van der Waals surface area contributed by atoms with Crippen LogP contribution in [-0.4, -0.2) is 9.97 Å². The molecule has 0 spiro atoms. The zero-order valence-corrected chi connectivity index (χ0v) is 9.63. The van der Waals surface area contributed by atoms with Crippen molar-refractivity contribution >= 4 is 5.69 Å². The Hall–Kier alpha value is -1.90. The van der Waals surface area contributed by atoms with Gasteiger partial charge in [-0.15, -0.1) is 0 Å². The molecule has 3 nitrogen and oxygen atoms in total. The first-order valence-electron chi connectivity index (χ1n) is 6.00. The molecule has 3 rings (SSSR count). The van der Waals surface area contributed by atoms with Gasteiger partial charge in [-0.25, -0.2) is 9.97 Å². The van der Waals surface area contributed by atoms with Crippen molar-refractivity contribution < 1.29 is 0 Å². The second kappa shape index (κ2) is 4.17. The zero-order valence-electron chi connectivity index (χ0n) is 9.63. The fourth-order valence-electron chi connectivity index (χ4n) is 2.55. The SMILES string of the molecule is Nc1cnc(C2CCCc3ccccc32)nc1. The highest BCUT2D eigenvalue weighted by molar-refractivity contribution is 5.37. The molecule has 17 heavy (non-hydrogen) atoms. The fourth-order valence-corrected chi connectivity index (χ4v) is 2.55. The maximum absolute atomic E-state index is 5.63. The van der Waals surface area contributed by atoms with Gasteiger partial charge in [-0.2, -0.15) is 0 Å². The molecule has 1 aromatic carbocycles. The van der Waals surface area contributed by atoms with E-state index in [1.54, 1.807) is 12.4 Å². The van der Waals surface area contributed by atoms with Crippen molar-refractivity contribution in [3.05, 3.63) is 53.6 Å². The molecule has 1 aliphatic rings. The Morgan fingerprint density at radius 3 is 2.71 bits per heavy atom. The monoisotopic (exact) mass is 225 g/mol. The summed E-state index contributed by atoms with van der Waals surface area (Å²) in [5.74, 6) is 1.23. The second-order valence-electron chi connectivity index (χ2n) is 4.52. The van der Waals surface area contributed by atoms with Gasteiger partial charge in [-0.1, -0.05) is 24.3 Å². The number of aryl methyl sites for hydroxylation is 1. The number of aromatic nitrogens is 2. The molecule has 0 amide bonds. The number of hydrogen-bond donors (Lipinski definition) is 1. The summed E-state index contributed by atoms with van der Waals surface area (Å²) in [5.41, 5.74) is 9.06. The molecule has 0 fully saturated rings. The van der Waals surface area contributed by atoms with Gasteiger partial charge in [0, 0.05) is 5.92 Å². The van der Waals surface area contributed by atoms with Crippen molar-refractivity contribution in [2.45, 2.75) is 25.2 Å². The van der Waals surface area contributed by atoms with E-state index in [2.05, 4.69) is 34.2 Å². The number of benzene rings is 1. The first-order valence-corrected chi connectivity index (χ1v) is 6.00. The molecule has 1 atom stereocenters. The number of anilines is 1.